The van der Waals surface area contributed by atoms with E-state index >= 15 is 0 Å². The summed E-state index contributed by atoms with van der Waals surface area (Å²) in [7, 11) is 0. The van der Waals surface area contributed by atoms with Gasteiger partial charge in [0.25, 0.3) is 0 Å². The molecule has 0 bridgehead atoms. The zero-order valence-corrected chi connectivity index (χ0v) is 13.8. The van der Waals surface area contributed by atoms with Crippen molar-refractivity contribution in [3.63, 3.8) is 0 Å². The molecule has 1 fully saturated rings. The van der Waals surface area contributed by atoms with Crippen molar-refractivity contribution in [2.24, 2.45) is 5.73 Å². The van der Waals surface area contributed by atoms with Crippen LogP contribution in [0.1, 0.15) is 18.5 Å². The summed E-state index contributed by atoms with van der Waals surface area (Å²) in [5.41, 5.74) is 16.1. The second-order valence-corrected chi connectivity index (χ2v) is 7.04. The number of nitrogens with zero attached hydrogens (tertiary/aromatic N) is 3. The lowest BCUT2D eigenvalue weighted by Gasteiger charge is -2.29. The third-order valence-corrected chi connectivity index (χ3v) is 5.43. The average molecular weight is 327 g/mol. The van der Waals surface area contributed by atoms with Gasteiger partial charge < -0.3 is 11.5 Å². The second-order valence-electron chi connectivity index (χ2n) is 6.21. The van der Waals surface area contributed by atoms with Gasteiger partial charge in [0.2, 0.25) is 0 Å². The summed E-state index contributed by atoms with van der Waals surface area (Å²) in [6, 6.07) is 8.25. The van der Waals surface area contributed by atoms with E-state index in [0.717, 1.165) is 54.4 Å². The molecule has 1 aliphatic heterocycles. The number of nitrogen functional groups attached to an aromatic ring is 1. The number of piperidine rings is 1. The number of nitrogens with two attached hydrogens (primary N) is 2. The Kier molecular flexibility index (Phi) is 3.80. The molecular formula is C17H21N5S. The number of anilines is 1. The third kappa shape index (κ3) is 2.85. The summed E-state index contributed by atoms with van der Waals surface area (Å²) < 4.78 is 2.20. The molecule has 1 saturated heterocycles. The lowest BCUT2D eigenvalue weighted by Crippen LogP contribution is -2.39. The largest absolute Gasteiger partial charge is 0.398 e. The number of likely N-dealkylation sites (tertiary alicyclic amines) is 1. The van der Waals surface area contributed by atoms with Gasteiger partial charge in [-0.05, 0) is 18.9 Å². The molecular weight excluding hydrogens is 306 g/mol. The molecule has 0 atom stereocenters. The number of hydrogen-bond donors (Lipinski definition) is 2. The first-order chi connectivity index (χ1) is 11.2. The second kappa shape index (κ2) is 5.96. The first kappa shape index (κ1) is 14.7. The van der Waals surface area contributed by atoms with Gasteiger partial charge >= 0.3 is 0 Å². The van der Waals surface area contributed by atoms with Crippen LogP contribution in [0.4, 0.5) is 5.69 Å². The number of rotatable bonds is 3. The summed E-state index contributed by atoms with van der Waals surface area (Å²) in [5.74, 6) is 0. The number of imidazole rings is 1. The Bertz CT molecular complexity index is 813. The van der Waals surface area contributed by atoms with Crippen molar-refractivity contribution in [3.05, 3.63) is 41.5 Å². The normalized spacial score (nSPS) is 17.1. The maximum atomic E-state index is 6.08. The Morgan fingerprint density at radius 1 is 1.22 bits per heavy atom. The predicted molar refractivity (Wildman–Crippen MR) is 95.4 cm³/mol. The van der Waals surface area contributed by atoms with E-state index in [4.69, 9.17) is 16.5 Å². The Hall–Kier alpha value is -1.89. The predicted octanol–water partition coefficient (Wildman–Crippen LogP) is 2.57. The van der Waals surface area contributed by atoms with Gasteiger partial charge in [-0.1, -0.05) is 18.2 Å². The number of fused-ring (bicyclic) bond motifs is 1. The minimum atomic E-state index is 0.370. The van der Waals surface area contributed by atoms with Crippen molar-refractivity contribution in [3.8, 4) is 11.3 Å². The van der Waals surface area contributed by atoms with Gasteiger partial charge in [-0.2, -0.15) is 0 Å². The molecule has 0 spiro atoms. The standard InChI is InChI=1S/C17H21N5S/c18-12-5-7-21(8-6-12)9-13-11-23-17-20-16(10-22(13)17)14-3-1-2-4-15(14)19/h1-4,10-12H,5-9,18-19H2. The molecule has 1 aromatic carbocycles. The van der Waals surface area contributed by atoms with Crippen molar-refractivity contribution < 1.29 is 0 Å². The molecule has 0 aliphatic carbocycles. The van der Waals surface area contributed by atoms with E-state index in [2.05, 4.69) is 20.9 Å². The fraction of sp³-hybridized carbons (Fsp3) is 0.353. The first-order valence-electron chi connectivity index (χ1n) is 7.99. The van der Waals surface area contributed by atoms with Crippen molar-refractivity contribution >= 4 is 22.0 Å². The average Bonchev–Trinajstić information content (AvgIpc) is 3.12. The molecule has 4 N–H and O–H groups in total. The Labute approximate surface area is 139 Å². The Morgan fingerprint density at radius 2 is 2.00 bits per heavy atom. The van der Waals surface area contributed by atoms with Gasteiger partial charge in [0.15, 0.2) is 4.96 Å². The minimum absolute atomic E-state index is 0.370. The summed E-state index contributed by atoms with van der Waals surface area (Å²) in [4.78, 5) is 8.23. The molecule has 3 heterocycles. The highest BCUT2D eigenvalue weighted by Crippen LogP contribution is 2.28. The molecule has 6 heteroatoms. The molecule has 3 aromatic rings. The lowest BCUT2D eigenvalue weighted by molar-refractivity contribution is 0.203. The van der Waals surface area contributed by atoms with Crippen LogP contribution in [0.5, 0.6) is 0 Å². The van der Waals surface area contributed by atoms with Gasteiger partial charge in [-0.3, -0.25) is 9.30 Å². The van der Waals surface area contributed by atoms with Crippen molar-refractivity contribution in [2.75, 3.05) is 18.8 Å². The van der Waals surface area contributed by atoms with E-state index in [1.165, 1.54) is 5.69 Å². The van der Waals surface area contributed by atoms with Gasteiger partial charge in [-0.15, -0.1) is 11.3 Å². The number of benzene rings is 1. The summed E-state index contributed by atoms with van der Waals surface area (Å²) in [6.45, 7) is 3.10. The van der Waals surface area contributed by atoms with Gasteiger partial charge in [0.05, 0.1) is 5.69 Å². The maximum Gasteiger partial charge on any atom is 0.194 e. The highest BCUT2D eigenvalue weighted by molar-refractivity contribution is 7.15. The molecule has 0 amide bonds. The molecule has 2 aromatic heterocycles. The van der Waals surface area contributed by atoms with Crippen LogP contribution in [0.25, 0.3) is 16.2 Å². The van der Waals surface area contributed by atoms with Crippen LogP contribution in [0.3, 0.4) is 0 Å². The number of aromatic nitrogens is 2. The van der Waals surface area contributed by atoms with Crippen LogP contribution in [0.2, 0.25) is 0 Å². The quantitative estimate of drug-likeness (QED) is 0.725. The van der Waals surface area contributed by atoms with Crippen molar-refractivity contribution in [1.82, 2.24) is 14.3 Å². The van der Waals surface area contributed by atoms with E-state index in [1.807, 2.05) is 24.3 Å². The van der Waals surface area contributed by atoms with Gasteiger partial charge in [0.1, 0.15) is 0 Å². The minimum Gasteiger partial charge on any atom is -0.398 e. The van der Waals surface area contributed by atoms with E-state index in [9.17, 15) is 0 Å². The molecule has 0 saturated carbocycles. The smallest absolute Gasteiger partial charge is 0.194 e. The fourth-order valence-electron chi connectivity index (χ4n) is 3.14. The summed E-state index contributed by atoms with van der Waals surface area (Å²) in [5, 5.41) is 2.20. The van der Waals surface area contributed by atoms with Crippen LogP contribution in [-0.4, -0.2) is 33.4 Å². The van der Waals surface area contributed by atoms with Crippen LogP contribution >= 0.6 is 11.3 Å². The van der Waals surface area contributed by atoms with Gasteiger partial charge in [-0.25, -0.2) is 4.98 Å². The highest BCUT2D eigenvalue weighted by atomic mass is 32.1. The zero-order valence-electron chi connectivity index (χ0n) is 13.0. The van der Waals surface area contributed by atoms with Crippen LogP contribution in [-0.2, 0) is 6.54 Å². The molecule has 1 aliphatic rings. The lowest BCUT2D eigenvalue weighted by atomic mass is 10.1. The Morgan fingerprint density at radius 3 is 2.78 bits per heavy atom. The summed E-state index contributed by atoms with van der Waals surface area (Å²) in [6.07, 6.45) is 4.27. The SMILES string of the molecule is Nc1ccccc1-c1cn2c(CN3CCC(N)CC3)csc2n1. The first-order valence-corrected chi connectivity index (χ1v) is 8.87. The maximum absolute atomic E-state index is 6.08. The summed E-state index contributed by atoms with van der Waals surface area (Å²) >= 11 is 1.68. The molecule has 0 unspecified atom stereocenters. The molecule has 23 heavy (non-hydrogen) atoms. The van der Waals surface area contributed by atoms with E-state index < -0.39 is 0 Å². The zero-order chi connectivity index (χ0) is 15.8. The van der Waals surface area contributed by atoms with Crippen LogP contribution < -0.4 is 11.5 Å². The number of hydrogen-bond acceptors (Lipinski definition) is 5. The van der Waals surface area contributed by atoms with Crippen molar-refractivity contribution in [2.45, 2.75) is 25.4 Å². The van der Waals surface area contributed by atoms with Gasteiger partial charge in [0, 0.05) is 54.2 Å². The highest BCUT2D eigenvalue weighted by Gasteiger charge is 2.18. The fourth-order valence-corrected chi connectivity index (χ4v) is 4.01. The number of thiazole rings is 1. The van der Waals surface area contributed by atoms with Crippen LogP contribution in [0, 0.1) is 0 Å². The molecule has 4 rings (SSSR count). The molecule has 120 valence electrons. The number of para-hydroxylation sites is 1. The van der Waals surface area contributed by atoms with Crippen LogP contribution in [0.15, 0.2) is 35.8 Å². The molecule has 0 radical (unpaired) electrons. The van der Waals surface area contributed by atoms with Crippen molar-refractivity contribution in [1.29, 1.82) is 0 Å². The monoisotopic (exact) mass is 327 g/mol. The van der Waals surface area contributed by atoms with E-state index in [-0.39, 0.29) is 0 Å². The topological polar surface area (TPSA) is 72.6 Å². The third-order valence-electron chi connectivity index (χ3n) is 4.54. The van der Waals surface area contributed by atoms with E-state index in [0.29, 0.717) is 6.04 Å². The van der Waals surface area contributed by atoms with E-state index in [1.54, 1.807) is 11.3 Å². The molecule has 5 nitrogen and oxygen atoms in total. The Balaban J connectivity index is 1.61.